The van der Waals surface area contributed by atoms with Crippen LogP contribution >= 0.6 is 23.2 Å². The average Bonchev–Trinajstić information content (AvgIpc) is 2.34. The molecule has 0 atom stereocenters. The van der Waals surface area contributed by atoms with Crippen LogP contribution in [0.4, 0.5) is 0 Å². The topological polar surface area (TPSA) is 63.4 Å². The molecule has 21 heavy (non-hydrogen) atoms. The quantitative estimate of drug-likeness (QED) is 0.827. The van der Waals surface area contributed by atoms with Crippen molar-refractivity contribution in [2.24, 2.45) is 5.73 Å². The molecule has 0 aliphatic rings. The highest BCUT2D eigenvalue weighted by Gasteiger charge is 2.34. The molecule has 0 saturated carbocycles. The summed E-state index contributed by atoms with van der Waals surface area (Å²) in [7, 11) is -3.79. The van der Waals surface area contributed by atoms with Gasteiger partial charge in [-0.05, 0) is 38.5 Å². The Labute approximate surface area is 136 Å². The Balaban J connectivity index is 3.52. The van der Waals surface area contributed by atoms with E-state index in [1.165, 1.54) is 22.5 Å². The Morgan fingerprint density at radius 3 is 2.29 bits per heavy atom. The zero-order valence-corrected chi connectivity index (χ0v) is 14.7. The first-order chi connectivity index (χ1) is 9.55. The molecule has 0 fully saturated rings. The zero-order chi connectivity index (χ0) is 16.4. The van der Waals surface area contributed by atoms with Crippen molar-refractivity contribution < 1.29 is 8.42 Å². The number of nitrogens with zero attached hydrogens (tertiary/aromatic N) is 1. The Morgan fingerprint density at radius 1 is 1.29 bits per heavy atom. The lowest BCUT2D eigenvalue weighted by atomic mass is 10.1. The number of sulfonamides is 1. The Bertz CT molecular complexity index is 637. The summed E-state index contributed by atoms with van der Waals surface area (Å²) < 4.78 is 27.1. The van der Waals surface area contributed by atoms with Gasteiger partial charge in [-0.2, -0.15) is 4.31 Å². The van der Waals surface area contributed by atoms with Crippen LogP contribution < -0.4 is 5.73 Å². The van der Waals surface area contributed by atoms with E-state index >= 15 is 0 Å². The summed E-state index contributed by atoms with van der Waals surface area (Å²) in [6.07, 6.45) is 1.54. The molecule has 0 heterocycles. The smallest absolute Gasteiger partial charge is 0.245 e. The molecule has 0 bridgehead atoms. The van der Waals surface area contributed by atoms with Crippen LogP contribution in [0.1, 0.15) is 26.3 Å². The first-order valence-corrected chi connectivity index (χ1v) is 8.57. The lowest BCUT2D eigenvalue weighted by Crippen LogP contribution is -2.45. The standard InChI is InChI=1S/C14H20Cl2N2O2S/c1-5-6-18(14(2,3)4)21(19,20)13-7-10(9-17)11(15)8-12(13)16/h5,7-8H,1,6,9,17H2,2-4H3. The van der Waals surface area contributed by atoms with Gasteiger partial charge in [0.2, 0.25) is 10.0 Å². The van der Waals surface area contributed by atoms with Gasteiger partial charge >= 0.3 is 0 Å². The summed E-state index contributed by atoms with van der Waals surface area (Å²) in [5, 5.41) is 0.433. The molecule has 0 aromatic heterocycles. The predicted molar refractivity (Wildman–Crippen MR) is 88.2 cm³/mol. The van der Waals surface area contributed by atoms with Crippen molar-refractivity contribution in [3.8, 4) is 0 Å². The van der Waals surface area contributed by atoms with E-state index in [0.29, 0.717) is 10.6 Å². The number of benzene rings is 1. The van der Waals surface area contributed by atoms with Gasteiger partial charge in [-0.25, -0.2) is 8.42 Å². The van der Waals surface area contributed by atoms with Gasteiger partial charge in [-0.3, -0.25) is 0 Å². The van der Waals surface area contributed by atoms with Crippen LogP contribution in [0.3, 0.4) is 0 Å². The average molecular weight is 351 g/mol. The van der Waals surface area contributed by atoms with E-state index in [1.54, 1.807) is 0 Å². The fourth-order valence-electron chi connectivity index (χ4n) is 1.89. The van der Waals surface area contributed by atoms with Crippen LogP contribution in [0, 0.1) is 0 Å². The zero-order valence-electron chi connectivity index (χ0n) is 12.4. The third-order valence-electron chi connectivity index (χ3n) is 2.93. The van der Waals surface area contributed by atoms with E-state index in [4.69, 9.17) is 28.9 Å². The van der Waals surface area contributed by atoms with Gasteiger partial charge in [0.05, 0.1) is 5.02 Å². The highest BCUT2D eigenvalue weighted by molar-refractivity contribution is 7.89. The number of halogens is 2. The summed E-state index contributed by atoms with van der Waals surface area (Å²) in [6.45, 7) is 9.35. The lowest BCUT2D eigenvalue weighted by Gasteiger charge is -2.34. The summed E-state index contributed by atoms with van der Waals surface area (Å²) in [4.78, 5) is 0.00536. The Kier molecular flexibility index (Phi) is 5.86. The molecule has 2 N–H and O–H groups in total. The van der Waals surface area contributed by atoms with Gasteiger partial charge in [0.1, 0.15) is 4.90 Å². The van der Waals surface area contributed by atoms with E-state index in [2.05, 4.69) is 6.58 Å². The Morgan fingerprint density at radius 2 is 1.86 bits per heavy atom. The summed E-state index contributed by atoms with van der Waals surface area (Å²) in [6, 6.07) is 2.84. The van der Waals surface area contributed by atoms with Crippen LogP contribution in [0.2, 0.25) is 10.0 Å². The Hall–Kier alpha value is -0.590. The lowest BCUT2D eigenvalue weighted by molar-refractivity contribution is 0.270. The van der Waals surface area contributed by atoms with Gasteiger partial charge in [0.15, 0.2) is 0 Å². The summed E-state index contributed by atoms with van der Waals surface area (Å²) in [5.41, 5.74) is 5.50. The molecule has 1 aromatic carbocycles. The molecule has 1 rings (SSSR count). The molecule has 0 spiro atoms. The molecular weight excluding hydrogens is 331 g/mol. The van der Waals surface area contributed by atoms with E-state index in [9.17, 15) is 8.42 Å². The van der Waals surface area contributed by atoms with Crippen molar-refractivity contribution in [2.45, 2.75) is 37.8 Å². The first-order valence-electron chi connectivity index (χ1n) is 6.37. The number of hydrogen-bond donors (Lipinski definition) is 1. The molecular formula is C14H20Cl2N2O2S. The van der Waals surface area contributed by atoms with Crippen molar-refractivity contribution in [2.75, 3.05) is 6.54 Å². The van der Waals surface area contributed by atoms with Gasteiger partial charge in [-0.15, -0.1) is 6.58 Å². The van der Waals surface area contributed by atoms with Crippen LogP contribution in [0.25, 0.3) is 0 Å². The minimum absolute atomic E-state index is 0.00536. The highest BCUT2D eigenvalue weighted by Crippen LogP contribution is 2.33. The van der Waals surface area contributed by atoms with Crippen molar-refractivity contribution in [1.29, 1.82) is 0 Å². The number of rotatable bonds is 5. The molecule has 4 nitrogen and oxygen atoms in total. The molecule has 7 heteroatoms. The number of hydrogen-bond acceptors (Lipinski definition) is 3. The van der Waals surface area contributed by atoms with Crippen LogP contribution in [0.5, 0.6) is 0 Å². The SMILES string of the molecule is C=CCN(C(C)(C)C)S(=O)(=O)c1cc(CN)c(Cl)cc1Cl. The van der Waals surface area contributed by atoms with Gasteiger partial charge < -0.3 is 5.73 Å². The monoisotopic (exact) mass is 350 g/mol. The second kappa shape index (κ2) is 6.67. The first kappa shape index (κ1) is 18.5. The van der Waals surface area contributed by atoms with Crippen LogP contribution in [0.15, 0.2) is 29.7 Å². The second-order valence-electron chi connectivity index (χ2n) is 5.57. The van der Waals surface area contributed by atoms with Crippen LogP contribution in [-0.4, -0.2) is 24.8 Å². The van der Waals surface area contributed by atoms with Crippen molar-refractivity contribution >= 4 is 33.2 Å². The predicted octanol–water partition coefficient (Wildman–Crippen LogP) is 3.43. The van der Waals surface area contributed by atoms with E-state index in [1.807, 2.05) is 20.8 Å². The summed E-state index contributed by atoms with van der Waals surface area (Å²) >= 11 is 12.1. The normalized spacial score (nSPS) is 12.7. The molecule has 0 saturated heterocycles. The molecule has 0 aliphatic carbocycles. The maximum Gasteiger partial charge on any atom is 0.245 e. The van der Waals surface area contributed by atoms with E-state index in [-0.39, 0.29) is 23.0 Å². The van der Waals surface area contributed by atoms with Gasteiger partial charge in [0, 0.05) is 23.7 Å². The minimum atomic E-state index is -3.79. The maximum absolute atomic E-state index is 12.9. The maximum atomic E-state index is 12.9. The molecule has 1 aromatic rings. The van der Waals surface area contributed by atoms with Gasteiger partial charge in [0.25, 0.3) is 0 Å². The molecule has 0 radical (unpaired) electrons. The fourth-order valence-corrected chi connectivity index (χ4v) is 4.50. The minimum Gasteiger partial charge on any atom is -0.326 e. The number of nitrogens with two attached hydrogens (primary N) is 1. The third-order valence-corrected chi connectivity index (χ3v) is 5.88. The van der Waals surface area contributed by atoms with E-state index < -0.39 is 15.6 Å². The highest BCUT2D eigenvalue weighted by atomic mass is 35.5. The molecule has 0 amide bonds. The van der Waals surface area contributed by atoms with Crippen LogP contribution in [-0.2, 0) is 16.6 Å². The van der Waals surface area contributed by atoms with Crippen molar-refractivity contribution in [1.82, 2.24) is 4.31 Å². The fraction of sp³-hybridized carbons (Fsp3) is 0.429. The molecule has 118 valence electrons. The van der Waals surface area contributed by atoms with Gasteiger partial charge in [-0.1, -0.05) is 29.3 Å². The van der Waals surface area contributed by atoms with Crippen molar-refractivity contribution in [3.05, 3.63) is 40.4 Å². The van der Waals surface area contributed by atoms with Crippen molar-refractivity contribution in [3.63, 3.8) is 0 Å². The van der Waals surface area contributed by atoms with E-state index in [0.717, 1.165) is 0 Å². The molecule has 0 unspecified atom stereocenters. The third kappa shape index (κ3) is 3.99. The summed E-state index contributed by atoms with van der Waals surface area (Å²) in [5.74, 6) is 0. The largest absolute Gasteiger partial charge is 0.326 e. The molecule has 0 aliphatic heterocycles. The second-order valence-corrected chi connectivity index (χ2v) is 8.22.